The van der Waals surface area contributed by atoms with Gasteiger partial charge in [-0.1, -0.05) is 66.7 Å². The van der Waals surface area contributed by atoms with E-state index in [1.807, 2.05) is 42.8 Å². The number of amides is 1. The van der Waals surface area contributed by atoms with Gasteiger partial charge in [-0.15, -0.1) is 0 Å². The second kappa shape index (κ2) is 9.61. The van der Waals surface area contributed by atoms with E-state index >= 15 is 0 Å². The number of aromatic nitrogens is 2. The zero-order valence-corrected chi connectivity index (χ0v) is 19.4. The van der Waals surface area contributed by atoms with Crippen molar-refractivity contribution >= 4 is 23.5 Å². The smallest absolute Gasteiger partial charge is 0.279 e. The molecule has 1 atom stereocenters. The maximum absolute atomic E-state index is 13.2. The monoisotopic (exact) mass is 449 g/mol. The molecule has 4 rings (SSSR count). The number of para-hydroxylation sites is 1. The van der Waals surface area contributed by atoms with E-state index in [1.54, 1.807) is 0 Å². The number of nitrogens with zero attached hydrogens (tertiary/aromatic N) is 2. The number of hydrogen-bond acceptors (Lipinski definition) is 5. The molecule has 0 saturated carbocycles. The van der Waals surface area contributed by atoms with Gasteiger partial charge in [0.25, 0.3) is 5.56 Å². The summed E-state index contributed by atoms with van der Waals surface area (Å²) in [6.07, 6.45) is 1.06. The topological polar surface area (TPSA) is 73.2 Å². The van der Waals surface area contributed by atoms with E-state index in [-0.39, 0.29) is 17.9 Å². The molecule has 3 aromatic rings. The average molecular weight is 450 g/mol. The molecule has 0 saturated heterocycles. The lowest BCUT2D eigenvalue weighted by Crippen LogP contribution is -2.33. The molecule has 0 spiro atoms. The van der Waals surface area contributed by atoms with Crippen LogP contribution in [0.3, 0.4) is 0 Å². The average Bonchev–Trinajstić information content (AvgIpc) is 2.79. The summed E-state index contributed by atoms with van der Waals surface area (Å²) in [6, 6.07) is 15.9. The standard InChI is InChI=1S/C25H27N3O3S/c1-4-13-31-20-8-6-5-7-18(20)19-14-21(29)26-23-22(19)24(30)27-25(28(23)3)32-15-17-11-9-16(2)10-12-17/h5-12,19H,4,13-15H2,1-3H3,(H,26,29)/t19-/m0/s1. The SMILES string of the molecule is CCCOc1ccccc1[C@@H]1CC(=O)Nc2c1c(=O)nc(SCc1ccc(C)cc1)n2C. The highest BCUT2D eigenvalue weighted by molar-refractivity contribution is 7.98. The molecule has 2 heterocycles. The van der Waals surface area contributed by atoms with E-state index in [0.29, 0.717) is 34.6 Å². The molecule has 2 aromatic carbocycles. The highest BCUT2D eigenvalue weighted by Gasteiger charge is 2.33. The van der Waals surface area contributed by atoms with E-state index in [4.69, 9.17) is 4.74 Å². The van der Waals surface area contributed by atoms with Crippen LogP contribution in [0.25, 0.3) is 0 Å². The van der Waals surface area contributed by atoms with Gasteiger partial charge in [-0.05, 0) is 25.0 Å². The minimum atomic E-state index is -0.394. The number of fused-ring (bicyclic) bond motifs is 1. The molecular formula is C25H27N3O3S. The number of thioether (sulfide) groups is 1. The normalized spacial score (nSPS) is 15.2. The van der Waals surface area contributed by atoms with Crippen LogP contribution < -0.4 is 15.6 Å². The van der Waals surface area contributed by atoms with Gasteiger partial charge in [-0.3, -0.25) is 9.59 Å². The van der Waals surface area contributed by atoms with E-state index in [1.165, 1.54) is 17.3 Å². The van der Waals surface area contributed by atoms with Gasteiger partial charge >= 0.3 is 0 Å². The zero-order chi connectivity index (χ0) is 22.7. The number of rotatable bonds is 7. The lowest BCUT2D eigenvalue weighted by molar-refractivity contribution is -0.116. The van der Waals surface area contributed by atoms with Gasteiger partial charge < -0.3 is 14.6 Å². The molecular weight excluding hydrogens is 422 g/mol. The lowest BCUT2D eigenvalue weighted by atomic mass is 9.86. The van der Waals surface area contributed by atoms with Crippen LogP contribution in [0.4, 0.5) is 5.82 Å². The fraction of sp³-hybridized carbons (Fsp3) is 0.320. The summed E-state index contributed by atoms with van der Waals surface area (Å²) in [4.78, 5) is 30.2. The van der Waals surface area contributed by atoms with Crippen LogP contribution in [-0.2, 0) is 17.6 Å². The largest absolute Gasteiger partial charge is 0.493 e. The Morgan fingerprint density at radius 1 is 1.16 bits per heavy atom. The van der Waals surface area contributed by atoms with E-state index in [9.17, 15) is 9.59 Å². The Hall–Kier alpha value is -3.06. The number of anilines is 1. The fourth-order valence-corrected chi connectivity index (χ4v) is 4.79. The maximum Gasteiger partial charge on any atom is 0.279 e. The minimum absolute atomic E-state index is 0.122. The van der Waals surface area contributed by atoms with Crippen molar-refractivity contribution in [2.45, 2.75) is 43.5 Å². The molecule has 166 valence electrons. The summed E-state index contributed by atoms with van der Waals surface area (Å²) in [5.74, 6) is 1.39. The summed E-state index contributed by atoms with van der Waals surface area (Å²) >= 11 is 1.48. The van der Waals surface area contributed by atoms with Gasteiger partial charge in [-0.2, -0.15) is 4.98 Å². The Labute approximate surface area is 192 Å². The summed E-state index contributed by atoms with van der Waals surface area (Å²) < 4.78 is 7.73. The first-order valence-electron chi connectivity index (χ1n) is 10.8. The van der Waals surface area contributed by atoms with Crippen LogP contribution in [0.15, 0.2) is 58.5 Å². The second-order valence-electron chi connectivity index (χ2n) is 7.99. The Morgan fingerprint density at radius 3 is 2.66 bits per heavy atom. The van der Waals surface area contributed by atoms with Crippen molar-refractivity contribution in [3.8, 4) is 5.75 Å². The van der Waals surface area contributed by atoms with Crippen molar-refractivity contribution in [3.63, 3.8) is 0 Å². The van der Waals surface area contributed by atoms with Crippen LogP contribution in [0.5, 0.6) is 5.75 Å². The molecule has 0 unspecified atom stereocenters. The molecule has 0 fully saturated rings. The highest BCUT2D eigenvalue weighted by atomic mass is 32.2. The zero-order valence-electron chi connectivity index (χ0n) is 18.6. The van der Waals surface area contributed by atoms with Crippen molar-refractivity contribution in [3.05, 3.63) is 81.1 Å². The molecule has 0 aliphatic carbocycles. The van der Waals surface area contributed by atoms with Gasteiger partial charge in [-0.25, -0.2) is 0 Å². The molecule has 32 heavy (non-hydrogen) atoms. The predicted octanol–water partition coefficient (Wildman–Crippen LogP) is 4.64. The molecule has 1 aliphatic rings. The van der Waals surface area contributed by atoms with Crippen molar-refractivity contribution in [2.75, 3.05) is 11.9 Å². The van der Waals surface area contributed by atoms with Crippen molar-refractivity contribution < 1.29 is 9.53 Å². The number of aryl methyl sites for hydroxylation is 1. The van der Waals surface area contributed by atoms with Crippen molar-refractivity contribution in [2.24, 2.45) is 7.05 Å². The summed E-state index contributed by atoms with van der Waals surface area (Å²) in [5.41, 5.74) is 3.40. The van der Waals surface area contributed by atoms with Crippen LogP contribution in [0.1, 0.15) is 47.9 Å². The third kappa shape index (κ3) is 4.58. The second-order valence-corrected chi connectivity index (χ2v) is 8.93. The van der Waals surface area contributed by atoms with Gasteiger partial charge in [0.15, 0.2) is 5.16 Å². The Bertz CT molecular complexity index is 1190. The van der Waals surface area contributed by atoms with Crippen molar-refractivity contribution in [1.29, 1.82) is 0 Å². The summed E-state index contributed by atoms with van der Waals surface area (Å²) in [5, 5.41) is 3.48. The number of benzene rings is 2. The Morgan fingerprint density at radius 2 is 1.91 bits per heavy atom. The van der Waals surface area contributed by atoms with E-state index in [0.717, 1.165) is 17.5 Å². The minimum Gasteiger partial charge on any atom is -0.493 e. The highest BCUT2D eigenvalue weighted by Crippen LogP contribution is 2.39. The third-order valence-corrected chi connectivity index (χ3v) is 6.65. The predicted molar refractivity (Wildman–Crippen MR) is 128 cm³/mol. The van der Waals surface area contributed by atoms with E-state index in [2.05, 4.69) is 41.5 Å². The number of ether oxygens (including phenoxy) is 1. The Balaban J connectivity index is 1.70. The third-order valence-electron chi connectivity index (χ3n) is 5.55. The summed E-state index contributed by atoms with van der Waals surface area (Å²) in [6.45, 7) is 4.67. The first kappa shape index (κ1) is 22.1. The Kier molecular flexibility index (Phi) is 6.65. The fourth-order valence-electron chi connectivity index (χ4n) is 3.87. The van der Waals surface area contributed by atoms with Gasteiger partial charge in [0.1, 0.15) is 11.6 Å². The molecule has 0 radical (unpaired) electrons. The van der Waals surface area contributed by atoms with Crippen LogP contribution in [0.2, 0.25) is 0 Å². The van der Waals surface area contributed by atoms with Crippen LogP contribution in [-0.4, -0.2) is 22.1 Å². The molecule has 7 heteroatoms. The number of hydrogen-bond donors (Lipinski definition) is 1. The molecule has 1 N–H and O–H groups in total. The van der Waals surface area contributed by atoms with Crippen LogP contribution in [0, 0.1) is 6.92 Å². The van der Waals surface area contributed by atoms with Gasteiger partial charge in [0, 0.05) is 30.7 Å². The summed E-state index contributed by atoms with van der Waals surface area (Å²) in [7, 11) is 1.84. The lowest BCUT2D eigenvalue weighted by Gasteiger charge is -2.28. The molecule has 1 aromatic heterocycles. The first-order chi connectivity index (χ1) is 15.5. The molecule has 1 aliphatic heterocycles. The van der Waals surface area contributed by atoms with Crippen LogP contribution >= 0.6 is 11.8 Å². The van der Waals surface area contributed by atoms with Crippen molar-refractivity contribution in [1.82, 2.24) is 9.55 Å². The first-order valence-corrected chi connectivity index (χ1v) is 11.8. The molecule has 0 bridgehead atoms. The number of carbonyl (C=O) groups excluding carboxylic acids is 1. The van der Waals surface area contributed by atoms with Gasteiger partial charge in [0.05, 0.1) is 12.2 Å². The van der Waals surface area contributed by atoms with E-state index < -0.39 is 5.92 Å². The number of nitrogens with one attached hydrogen (secondary N) is 1. The quantitative estimate of drug-likeness (QED) is 0.420. The molecule has 6 nitrogen and oxygen atoms in total. The van der Waals surface area contributed by atoms with Gasteiger partial charge in [0.2, 0.25) is 5.91 Å². The maximum atomic E-state index is 13.2. The number of carbonyl (C=O) groups is 1. The molecule has 1 amide bonds.